The number of aromatic nitrogens is 3. The van der Waals surface area contributed by atoms with Gasteiger partial charge in [-0.15, -0.1) is 5.10 Å². The van der Waals surface area contributed by atoms with Crippen molar-refractivity contribution in [3.63, 3.8) is 0 Å². The molecule has 3 aromatic carbocycles. The first-order valence-corrected chi connectivity index (χ1v) is 10.5. The van der Waals surface area contributed by atoms with Crippen molar-refractivity contribution in [3.05, 3.63) is 102 Å². The van der Waals surface area contributed by atoms with Crippen LogP contribution in [0.4, 0.5) is 4.39 Å². The van der Waals surface area contributed by atoms with Crippen molar-refractivity contribution in [3.8, 4) is 17.1 Å². The molecule has 0 spiro atoms. The zero-order valence-corrected chi connectivity index (χ0v) is 17.5. The SMILES string of the molecule is O=C(NNC(=O)C1CC1c1ccc(F)cc1)c1nc(-c2ccccc2)n(-c2ccccc2)n1. The van der Waals surface area contributed by atoms with Gasteiger partial charge in [-0.1, -0.05) is 60.7 Å². The third kappa shape index (κ3) is 4.36. The van der Waals surface area contributed by atoms with Gasteiger partial charge in [-0.2, -0.15) is 0 Å². The molecule has 1 saturated carbocycles. The Balaban J connectivity index is 1.29. The van der Waals surface area contributed by atoms with Crippen molar-refractivity contribution in [2.24, 2.45) is 5.92 Å². The van der Waals surface area contributed by atoms with E-state index in [4.69, 9.17) is 0 Å². The molecule has 2 amide bonds. The first-order chi connectivity index (χ1) is 16.1. The number of hydrazine groups is 1. The maximum atomic E-state index is 13.1. The predicted molar refractivity (Wildman–Crippen MR) is 120 cm³/mol. The highest BCUT2D eigenvalue weighted by Crippen LogP contribution is 2.47. The van der Waals surface area contributed by atoms with Gasteiger partial charge in [0.2, 0.25) is 11.7 Å². The summed E-state index contributed by atoms with van der Waals surface area (Å²) in [5.41, 5.74) is 7.33. The van der Waals surface area contributed by atoms with E-state index >= 15 is 0 Å². The minimum Gasteiger partial charge on any atom is -0.273 e. The van der Waals surface area contributed by atoms with Crippen molar-refractivity contribution in [2.75, 3.05) is 0 Å². The van der Waals surface area contributed by atoms with E-state index in [0.29, 0.717) is 12.2 Å². The van der Waals surface area contributed by atoms with Crippen LogP contribution in [0.1, 0.15) is 28.5 Å². The summed E-state index contributed by atoms with van der Waals surface area (Å²) in [6, 6.07) is 24.9. The van der Waals surface area contributed by atoms with E-state index in [0.717, 1.165) is 16.8 Å². The van der Waals surface area contributed by atoms with E-state index in [1.165, 1.54) is 12.1 Å². The van der Waals surface area contributed by atoms with Gasteiger partial charge in [-0.3, -0.25) is 20.4 Å². The van der Waals surface area contributed by atoms with Gasteiger partial charge in [0, 0.05) is 11.5 Å². The molecule has 2 atom stereocenters. The molecule has 1 aromatic heterocycles. The zero-order valence-electron chi connectivity index (χ0n) is 17.5. The largest absolute Gasteiger partial charge is 0.309 e. The number of amides is 2. The van der Waals surface area contributed by atoms with Crippen LogP contribution < -0.4 is 10.9 Å². The van der Waals surface area contributed by atoms with Crippen LogP contribution in [0.3, 0.4) is 0 Å². The highest BCUT2D eigenvalue weighted by atomic mass is 19.1. The molecular weight excluding hydrogens is 421 g/mol. The van der Waals surface area contributed by atoms with Crippen LogP contribution in [0.25, 0.3) is 17.1 Å². The van der Waals surface area contributed by atoms with Crippen molar-refractivity contribution < 1.29 is 14.0 Å². The number of benzene rings is 3. The number of carbonyl (C=O) groups is 2. The molecular formula is C25H20FN5O2. The number of para-hydroxylation sites is 1. The number of carbonyl (C=O) groups excluding carboxylic acids is 2. The van der Waals surface area contributed by atoms with Crippen LogP contribution >= 0.6 is 0 Å². The number of nitrogens with one attached hydrogen (secondary N) is 2. The second-order valence-electron chi connectivity index (χ2n) is 7.82. The molecule has 8 heteroatoms. The Morgan fingerprint density at radius 2 is 1.55 bits per heavy atom. The number of hydrogen-bond acceptors (Lipinski definition) is 4. The van der Waals surface area contributed by atoms with Crippen molar-refractivity contribution in [1.82, 2.24) is 25.6 Å². The lowest BCUT2D eigenvalue weighted by Gasteiger charge is -2.05. The molecule has 0 aliphatic heterocycles. The first kappa shape index (κ1) is 20.6. The summed E-state index contributed by atoms with van der Waals surface area (Å²) in [6.45, 7) is 0. The van der Waals surface area contributed by atoms with E-state index in [1.54, 1.807) is 16.8 Å². The fourth-order valence-electron chi connectivity index (χ4n) is 3.76. The van der Waals surface area contributed by atoms with Gasteiger partial charge < -0.3 is 0 Å². The van der Waals surface area contributed by atoms with E-state index in [-0.39, 0.29) is 29.4 Å². The summed E-state index contributed by atoms with van der Waals surface area (Å²) in [5, 5.41) is 4.37. The number of halogens is 1. The van der Waals surface area contributed by atoms with Gasteiger partial charge >= 0.3 is 5.91 Å². The molecule has 1 fully saturated rings. The molecule has 33 heavy (non-hydrogen) atoms. The van der Waals surface area contributed by atoms with Crippen LogP contribution in [-0.2, 0) is 4.79 Å². The van der Waals surface area contributed by atoms with Gasteiger partial charge in [-0.05, 0) is 42.2 Å². The van der Waals surface area contributed by atoms with E-state index in [9.17, 15) is 14.0 Å². The zero-order chi connectivity index (χ0) is 22.8. The Morgan fingerprint density at radius 1 is 0.879 bits per heavy atom. The predicted octanol–water partition coefficient (Wildman–Crippen LogP) is 3.64. The van der Waals surface area contributed by atoms with E-state index < -0.39 is 5.91 Å². The van der Waals surface area contributed by atoms with Gasteiger partial charge in [0.1, 0.15) is 5.82 Å². The van der Waals surface area contributed by atoms with Crippen molar-refractivity contribution in [2.45, 2.75) is 12.3 Å². The maximum absolute atomic E-state index is 13.1. The molecule has 0 radical (unpaired) electrons. The molecule has 7 nitrogen and oxygen atoms in total. The highest BCUT2D eigenvalue weighted by molar-refractivity contribution is 5.93. The van der Waals surface area contributed by atoms with Crippen molar-refractivity contribution >= 4 is 11.8 Å². The number of rotatable bonds is 5. The summed E-state index contributed by atoms with van der Waals surface area (Å²) in [4.78, 5) is 29.6. The van der Waals surface area contributed by atoms with Crippen LogP contribution in [0, 0.1) is 11.7 Å². The molecule has 1 heterocycles. The van der Waals surface area contributed by atoms with E-state index in [1.807, 2.05) is 60.7 Å². The third-order valence-corrected chi connectivity index (χ3v) is 5.57. The second-order valence-corrected chi connectivity index (χ2v) is 7.82. The molecule has 1 aliphatic carbocycles. The molecule has 2 N–H and O–H groups in total. The topological polar surface area (TPSA) is 88.9 Å². The van der Waals surface area contributed by atoms with Gasteiger partial charge in [-0.25, -0.2) is 14.1 Å². The summed E-state index contributed by atoms with van der Waals surface area (Å²) >= 11 is 0. The smallest absolute Gasteiger partial charge is 0.273 e. The monoisotopic (exact) mass is 441 g/mol. The Kier molecular flexibility index (Phi) is 5.40. The third-order valence-electron chi connectivity index (χ3n) is 5.57. The molecule has 0 saturated heterocycles. The average molecular weight is 441 g/mol. The molecule has 5 rings (SSSR count). The fourth-order valence-corrected chi connectivity index (χ4v) is 3.76. The summed E-state index contributed by atoms with van der Waals surface area (Å²) in [7, 11) is 0. The minimum absolute atomic E-state index is 0.0163. The highest BCUT2D eigenvalue weighted by Gasteiger charge is 2.44. The lowest BCUT2D eigenvalue weighted by molar-refractivity contribution is -0.123. The Morgan fingerprint density at radius 3 is 2.24 bits per heavy atom. The quantitative estimate of drug-likeness (QED) is 0.463. The summed E-state index contributed by atoms with van der Waals surface area (Å²) in [5.74, 6) is -1.04. The average Bonchev–Trinajstić information content (AvgIpc) is 3.53. The number of nitrogens with zero attached hydrogens (tertiary/aromatic N) is 3. The number of hydrogen-bond donors (Lipinski definition) is 2. The van der Waals surface area contributed by atoms with Crippen LogP contribution in [-0.4, -0.2) is 26.6 Å². The van der Waals surface area contributed by atoms with Gasteiger partial charge in [0.15, 0.2) is 5.82 Å². The Bertz CT molecular complexity index is 1230. The lowest BCUT2D eigenvalue weighted by Crippen LogP contribution is -2.43. The Hall–Kier alpha value is -4.33. The maximum Gasteiger partial charge on any atom is 0.309 e. The molecule has 1 aliphatic rings. The summed E-state index contributed by atoms with van der Waals surface area (Å²) < 4.78 is 14.7. The standard InChI is InChI=1S/C25H20FN5O2/c26-18-13-11-16(12-14-18)20-15-21(20)24(32)28-29-25(33)22-27-23(17-7-3-1-4-8-17)31(30-22)19-9-5-2-6-10-19/h1-14,20-21H,15H2,(H,28,32)(H,29,33). The van der Waals surface area contributed by atoms with Crippen molar-refractivity contribution in [1.29, 1.82) is 0 Å². The normalized spacial score (nSPS) is 16.8. The molecule has 0 bridgehead atoms. The van der Waals surface area contributed by atoms with Crippen LogP contribution in [0.2, 0.25) is 0 Å². The molecule has 2 unspecified atom stereocenters. The lowest BCUT2D eigenvalue weighted by atomic mass is 10.1. The van der Waals surface area contributed by atoms with Gasteiger partial charge in [0.25, 0.3) is 0 Å². The van der Waals surface area contributed by atoms with Crippen LogP contribution in [0.15, 0.2) is 84.9 Å². The molecule has 4 aromatic rings. The summed E-state index contributed by atoms with van der Waals surface area (Å²) in [6.07, 6.45) is 0.645. The Labute approximate surface area is 189 Å². The first-order valence-electron chi connectivity index (χ1n) is 10.5. The van der Waals surface area contributed by atoms with E-state index in [2.05, 4.69) is 20.9 Å². The second kappa shape index (κ2) is 8.66. The van der Waals surface area contributed by atoms with Gasteiger partial charge in [0.05, 0.1) is 5.69 Å². The van der Waals surface area contributed by atoms with Crippen LogP contribution in [0.5, 0.6) is 0 Å². The fraction of sp³-hybridized carbons (Fsp3) is 0.120. The molecule has 164 valence electrons. The minimum atomic E-state index is -0.616.